The Balaban J connectivity index is 0.000001000. The molecular weight excluding hydrogens is 122 g/mol. The van der Waals surface area contributed by atoms with E-state index in [1.54, 1.807) is 0 Å². The topological polar surface area (TPSA) is 26.0 Å². The summed E-state index contributed by atoms with van der Waals surface area (Å²) >= 11 is 0. The fraction of sp³-hybridized carbons (Fsp3) is 0.333. The Bertz CT molecular complexity index is 201. The van der Waals surface area contributed by atoms with E-state index < -0.39 is 0 Å². The summed E-state index contributed by atoms with van der Waals surface area (Å²) in [5.74, 6) is 0. The van der Waals surface area contributed by atoms with E-state index in [0.29, 0.717) is 0 Å². The van der Waals surface area contributed by atoms with Gasteiger partial charge in [0.05, 0.1) is 0 Å². The van der Waals surface area contributed by atoms with Crippen molar-refractivity contribution in [2.24, 2.45) is 5.73 Å². The summed E-state index contributed by atoms with van der Waals surface area (Å²) in [5.41, 5.74) is 6.83. The summed E-state index contributed by atoms with van der Waals surface area (Å²) in [6, 6.07) is 10.1. The van der Waals surface area contributed by atoms with E-state index in [1.165, 1.54) is 5.56 Å². The molecule has 10 heavy (non-hydrogen) atoms. The van der Waals surface area contributed by atoms with E-state index in [9.17, 15) is 0 Å². The van der Waals surface area contributed by atoms with Crippen LogP contribution in [0.4, 0.5) is 0 Å². The summed E-state index contributed by atoms with van der Waals surface area (Å²) in [7, 11) is 0. The van der Waals surface area contributed by atoms with Gasteiger partial charge in [-0.15, -0.1) is 0 Å². The molecule has 0 aliphatic carbocycles. The molecule has 1 rings (SSSR count). The average molecular weight is 137 g/mol. The van der Waals surface area contributed by atoms with Crippen molar-refractivity contribution < 1.29 is 1.43 Å². The molecule has 0 aromatic heterocycles. The molecule has 0 atom stereocenters. The minimum absolute atomic E-state index is 0. The van der Waals surface area contributed by atoms with Crippen LogP contribution in [0.1, 0.15) is 20.8 Å². The predicted molar refractivity (Wildman–Crippen MR) is 45.8 cm³/mol. The van der Waals surface area contributed by atoms with Gasteiger partial charge in [-0.3, -0.25) is 0 Å². The van der Waals surface area contributed by atoms with E-state index in [4.69, 9.17) is 5.73 Å². The highest BCUT2D eigenvalue weighted by atomic mass is 14.7. The fourth-order valence-corrected chi connectivity index (χ4v) is 0.868. The first-order valence-electron chi connectivity index (χ1n) is 3.45. The van der Waals surface area contributed by atoms with Crippen molar-refractivity contribution in [2.45, 2.75) is 19.4 Å². The van der Waals surface area contributed by atoms with Gasteiger partial charge in [-0.2, -0.15) is 0 Å². The van der Waals surface area contributed by atoms with Crippen molar-refractivity contribution in [1.82, 2.24) is 0 Å². The number of rotatable bonds is 1. The average Bonchev–Trinajstić information content (AvgIpc) is 1.88. The SMILES string of the molecule is CC(C)(N)c1ccccc1.[HH]. The molecule has 0 bridgehead atoms. The van der Waals surface area contributed by atoms with Gasteiger partial charge < -0.3 is 5.73 Å². The molecule has 0 saturated carbocycles. The number of hydrogen-bond donors (Lipinski definition) is 1. The van der Waals surface area contributed by atoms with Gasteiger partial charge in [0.1, 0.15) is 0 Å². The zero-order valence-electron chi connectivity index (χ0n) is 6.46. The van der Waals surface area contributed by atoms with Crippen molar-refractivity contribution in [1.29, 1.82) is 0 Å². The highest BCUT2D eigenvalue weighted by Gasteiger charge is 2.11. The molecule has 0 amide bonds. The van der Waals surface area contributed by atoms with Crippen molar-refractivity contribution in [3.8, 4) is 0 Å². The van der Waals surface area contributed by atoms with Crippen LogP contribution in [0, 0.1) is 0 Å². The van der Waals surface area contributed by atoms with Crippen LogP contribution in [0.25, 0.3) is 0 Å². The molecule has 0 heterocycles. The van der Waals surface area contributed by atoms with Crippen LogP contribution in [-0.2, 0) is 5.54 Å². The highest BCUT2D eigenvalue weighted by Crippen LogP contribution is 2.14. The maximum absolute atomic E-state index is 5.86. The monoisotopic (exact) mass is 137 g/mol. The zero-order valence-corrected chi connectivity index (χ0v) is 6.46. The first-order chi connectivity index (χ1) is 4.61. The minimum Gasteiger partial charge on any atom is -0.322 e. The molecule has 0 saturated heterocycles. The highest BCUT2D eigenvalue weighted by molar-refractivity contribution is 5.21. The summed E-state index contributed by atoms with van der Waals surface area (Å²) in [6.07, 6.45) is 0. The Morgan fingerprint density at radius 2 is 1.70 bits per heavy atom. The van der Waals surface area contributed by atoms with Gasteiger partial charge in [0.15, 0.2) is 0 Å². The smallest absolute Gasteiger partial charge is 0.0352 e. The molecule has 0 unspecified atom stereocenters. The molecule has 0 aliphatic rings. The molecule has 56 valence electrons. The quantitative estimate of drug-likeness (QED) is 0.630. The van der Waals surface area contributed by atoms with Crippen molar-refractivity contribution >= 4 is 0 Å². The normalized spacial score (nSPS) is 11.5. The number of nitrogens with two attached hydrogens (primary N) is 1. The van der Waals surface area contributed by atoms with Gasteiger partial charge in [0, 0.05) is 6.97 Å². The van der Waals surface area contributed by atoms with Crippen LogP contribution >= 0.6 is 0 Å². The van der Waals surface area contributed by atoms with Gasteiger partial charge in [0.25, 0.3) is 0 Å². The van der Waals surface area contributed by atoms with E-state index in [1.807, 2.05) is 44.2 Å². The molecule has 0 aliphatic heterocycles. The van der Waals surface area contributed by atoms with Crippen LogP contribution in [0.3, 0.4) is 0 Å². The second-order valence-electron chi connectivity index (χ2n) is 3.09. The molecule has 2 N–H and O–H groups in total. The maximum Gasteiger partial charge on any atom is 0.0352 e. The summed E-state index contributed by atoms with van der Waals surface area (Å²) in [4.78, 5) is 0. The molecule has 1 aromatic carbocycles. The summed E-state index contributed by atoms with van der Waals surface area (Å²) in [5, 5.41) is 0. The number of hydrogen-bond acceptors (Lipinski definition) is 1. The molecular formula is C9H15N. The van der Waals surface area contributed by atoms with Gasteiger partial charge in [-0.05, 0) is 19.4 Å². The van der Waals surface area contributed by atoms with Gasteiger partial charge in [0.2, 0.25) is 0 Å². The first kappa shape index (κ1) is 7.29. The largest absolute Gasteiger partial charge is 0.322 e. The second kappa shape index (κ2) is 2.43. The molecule has 1 heteroatoms. The van der Waals surface area contributed by atoms with E-state index in [2.05, 4.69) is 0 Å². The predicted octanol–water partition coefficient (Wildman–Crippen LogP) is 2.13. The molecule has 0 radical (unpaired) electrons. The Labute approximate surface area is 63.4 Å². The zero-order chi connectivity index (χ0) is 7.61. The van der Waals surface area contributed by atoms with Gasteiger partial charge in [-0.25, -0.2) is 0 Å². The lowest BCUT2D eigenvalue weighted by Crippen LogP contribution is -2.28. The van der Waals surface area contributed by atoms with Gasteiger partial charge >= 0.3 is 0 Å². The van der Waals surface area contributed by atoms with Crippen LogP contribution < -0.4 is 5.73 Å². The third-order valence-corrected chi connectivity index (χ3v) is 1.52. The number of benzene rings is 1. The Hall–Kier alpha value is -0.820. The Kier molecular flexibility index (Phi) is 1.77. The molecule has 1 aromatic rings. The lowest BCUT2D eigenvalue weighted by Gasteiger charge is -2.18. The Morgan fingerprint density at radius 1 is 1.20 bits per heavy atom. The van der Waals surface area contributed by atoms with Crippen LogP contribution in [-0.4, -0.2) is 0 Å². The van der Waals surface area contributed by atoms with E-state index in [-0.39, 0.29) is 6.97 Å². The lowest BCUT2D eigenvalue weighted by atomic mass is 9.96. The minimum atomic E-state index is -0.207. The third kappa shape index (κ3) is 1.58. The summed E-state index contributed by atoms with van der Waals surface area (Å²) < 4.78 is 0. The molecule has 0 spiro atoms. The fourth-order valence-electron chi connectivity index (χ4n) is 0.868. The summed E-state index contributed by atoms with van der Waals surface area (Å²) in [6.45, 7) is 4.00. The van der Waals surface area contributed by atoms with E-state index >= 15 is 0 Å². The molecule has 0 fully saturated rings. The lowest BCUT2D eigenvalue weighted by molar-refractivity contribution is 0.554. The van der Waals surface area contributed by atoms with Gasteiger partial charge in [-0.1, -0.05) is 30.3 Å². The van der Waals surface area contributed by atoms with Crippen LogP contribution in [0.15, 0.2) is 30.3 Å². The molecule has 1 nitrogen and oxygen atoms in total. The Morgan fingerprint density at radius 3 is 2.00 bits per heavy atom. The standard InChI is InChI=1S/C9H13N.H2/c1-9(2,10)8-6-4-3-5-7-8;/h3-7H,10H2,1-2H3;1H. The van der Waals surface area contributed by atoms with Crippen molar-refractivity contribution in [3.05, 3.63) is 35.9 Å². The van der Waals surface area contributed by atoms with Crippen LogP contribution in [0.5, 0.6) is 0 Å². The van der Waals surface area contributed by atoms with E-state index in [0.717, 1.165) is 0 Å². The van der Waals surface area contributed by atoms with Crippen LogP contribution in [0.2, 0.25) is 0 Å². The first-order valence-corrected chi connectivity index (χ1v) is 3.45. The third-order valence-electron chi connectivity index (χ3n) is 1.52. The van der Waals surface area contributed by atoms with Crippen molar-refractivity contribution in [2.75, 3.05) is 0 Å². The maximum atomic E-state index is 5.86. The second-order valence-corrected chi connectivity index (χ2v) is 3.09. The van der Waals surface area contributed by atoms with Crippen molar-refractivity contribution in [3.63, 3.8) is 0 Å².